The third kappa shape index (κ3) is 3.25. The Labute approximate surface area is 117 Å². The van der Waals surface area contributed by atoms with E-state index in [1.165, 1.54) is 4.90 Å². The van der Waals surface area contributed by atoms with Crippen molar-refractivity contribution in [1.82, 2.24) is 0 Å². The second kappa shape index (κ2) is 6.95. The van der Waals surface area contributed by atoms with Crippen LogP contribution < -0.4 is 4.90 Å². The van der Waals surface area contributed by atoms with E-state index in [0.717, 1.165) is 19.8 Å². The van der Waals surface area contributed by atoms with Crippen molar-refractivity contribution >= 4 is 5.69 Å². The molecule has 1 aromatic carbocycles. The van der Waals surface area contributed by atoms with Crippen molar-refractivity contribution in [3.05, 3.63) is 28.8 Å². The highest BCUT2D eigenvalue weighted by molar-refractivity contribution is 5.52. The van der Waals surface area contributed by atoms with E-state index in [9.17, 15) is 17.6 Å². The summed E-state index contributed by atoms with van der Waals surface area (Å²) < 4.78 is 54.7. The summed E-state index contributed by atoms with van der Waals surface area (Å²) in [6.07, 6.45) is 1.86. The first-order chi connectivity index (χ1) is 9.34. The van der Waals surface area contributed by atoms with Gasteiger partial charge in [0.15, 0.2) is 23.3 Å². The van der Waals surface area contributed by atoms with Crippen LogP contribution in [0.4, 0.5) is 23.2 Å². The fourth-order valence-corrected chi connectivity index (χ4v) is 2.35. The Bertz CT molecular complexity index is 444. The van der Waals surface area contributed by atoms with Gasteiger partial charge in [0.2, 0.25) is 0 Å². The minimum atomic E-state index is -1.61. The van der Waals surface area contributed by atoms with Gasteiger partial charge < -0.3 is 4.90 Å². The number of hydrogen-bond acceptors (Lipinski definition) is 1. The Morgan fingerprint density at radius 3 is 2.05 bits per heavy atom. The fourth-order valence-electron chi connectivity index (χ4n) is 2.35. The SMILES string of the molecule is CCCC(C)CN(CC)c1c(F)c(C)c(F)c(F)c1F. The lowest BCUT2D eigenvalue weighted by atomic mass is 10.0. The molecule has 0 heterocycles. The molecule has 1 nitrogen and oxygen atoms in total. The standard InChI is InChI=1S/C15H21F4N/c1-5-7-9(3)8-20(6-2)15-12(17)10(4)11(16)13(18)14(15)19/h9H,5-8H2,1-4H3. The molecule has 0 saturated heterocycles. The number of anilines is 1. The van der Waals surface area contributed by atoms with E-state index in [1.807, 2.05) is 13.8 Å². The molecule has 0 spiro atoms. The highest BCUT2D eigenvalue weighted by Gasteiger charge is 2.26. The fraction of sp³-hybridized carbons (Fsp3) is 0.600. The van der Waals surface area contributed by atoms with Crippen molar-refractivity contribution in [3.8, 4) is 0 Å². The molecule has 0 bridgehead atoms. The first-order valence-electron chi connectivity index (χ1n) is 6.92. The zero-order chi connectivity index (χ0) is 15.4. The molecule has 0 aliphatic heterocycles. The molecule has 0 fully saturated rings. The number of rotatable bonds is 6. The van der Waals surface area contributed by atoms with Crippen molar-refractivity contribution in [2.24, 2.45) is 5.92 Å². The summed E-state index contributed by atoms with van der Waals surface area (Å²) in [6, 6.07) is 0. The van der Waals surface area contributed by atoms with Crippen molar-refractivity contribution in [3.63, 3.8) is 0 Å². The van der Waals surface area contributed by atoms with E-state index in [0.29, 0.717) is 13.1 Å². The number of benzene rings is 1. The molecule has 0 saturated carbocycles. The summed E-state index contributed by atoms with van der Waals surface area (Å²) in [6.45, 7) is 7.56. The van der Waals surface area contributed by atoms with Crippen LogP contribution in [-0.4, -0.2) is 13.1 Å². The molecule has 0 aromatic heterocycles. The predicted octanol–water partition coefficient (Wildman–Crippen LogP) is 4.81. The van der Waals surface area contributed by atoms with E-state index < -0.39 is 34.5 Å². The van der Waals surface area contributed by atoms with Gasteiger partial charge in [-0.2, -0.15) is 0 Å². The average Bonchev–Trinajstić information content (AvgIpc) is 2.42. The van der Waals surface area contributed by atoms with Crippen molar-refractivity contribution in [2.45, 2.75) is 40.5 Å². The lowest BCUT2D eigenvalue weighted by Gasteiger charge is -2.28. The van der Waals surface area contributed by atoms with Gasteiger partial charge in [0, 0.05) is 18.7 Å². The summed E-state index contributed by atoms with van der Waals surface area (Å²) in [4.78, 5) is 1.43. The molecule has 1 rings (SSSR count). The van der Waals surface area contributed by atoms with Gasteiger partial charge in [-0.05, 0) is 26.2 Å². The first kappa shape index (κ1) is 16.8. The molecule has 20 heavy (non-hydrogen) atoms. The predicted molar refractivity (Wildman–Crippen MR) is 73.0 cm³/mol. The second-order valence-corrected chi connectivity index (χ2v) is 5.16. The summed E-state index contributed by atoms with van der Waals surface area (Å²) in [5.41, 5.74) is -0.952. The molecule has 5 heteroatoms. The second-order valence-electron chi connectivity index (χ2n) is 5.16. The van der Waals surface area contributed by atoms with Crippen LogP contribution in [0.2, 0.25) is 0 Å². The van der Waals surface area contributed by atoms with Crippen LogP contribution in [0.1, 0.15) is 39.2 Å². The highest BCUT2D eigenvalue weighted by Crippen LogP contribution is 2.31. The molecular weight excluding hydrogens is 270 g/mol. The van der Waals surface area contributed by atoms with Gasteiger partial charge in [0.05, 0.1) is 0 Å². The largest absolute Gasteiger partial charge is 0.367 e. The Balaban J connectivity index is 3.22. The maximum atomic E-state index is 14.1. The minimum absolute atomic E-state index is 0.215. The van der Waals surface area contributed by atoms with Crippen molar-refractivity contribution < 1.29 is 17.6 Å². The molecule has 0 aliphatic carbocycles. The number of nitrogens with zero attached hydrogens (tertiary/aromatic N) is 1. The average molecular weight is 291 g/mol. The number of hydrogen-bond donors (Lipinski definition) is 0. The van der Waals surface area contributed by atoms with Gasteiger partial charge in [-0.25, -0.2) is 17.6 Å². The summed E-state index contributed by atoms with van der Waals surface area (Å²) in [5.74, 6) is -5.32. The molecule has 0 radical (unpaired) electrons. The topological polar surface area (TPSA) is 3.24 Å². The van der Waals surface area contributed by atoms with Gasteiger partial charge in [0.25, 0.3) is 0 Å². The van der Waals surface area contributed by atoms with Crippen LogP contribution in [0, 0.1) is 36.1 Å². The normalized spacial score (nSPS) is 12.6. The van der Waals surface area contributed by atoms with Crippen LogP contribution >= 0.6 is 0 Å². The summed E-state index contributed by atoms with van der Waals surface area (Å²) in [5, 5.41) is 0. The molecule has 1 unspecified atom stereocenters. The minimum Gasteiger partial charge on any atom is -0.367 e. The molecule has 114 valence electrons. The van der Waals surface area contributed by atoms with Gasteiger partial charge in [-0.3, -0.25) is 0 Å². The quantitative estimate of drug-likeness (QED) is 0.413. The first-order valence-corrected chi connectivity index (χ1v) is 6.92. The van der Waals surface area contributed by atoms with Crippen LogP contribution in [0.5, 0.6) is 0 Å². The van der Waals surface area contributed by atoms with E-state index in [4.69, 9.17) is 0 Å². The maximum Gasteiger partial charge on any atom is 0.197 e. The van der Waals surface area contributed by atoms with E-state index >= 15 is 0 Å². The molecule has 1 aromatic rings. The van der Waals surface area contributed by atoms with Crippen LogP contribution in [0.3, 0.4) is 0 Å². The third-order valence-corrected chi connectivity index (χ3v) is 3.47. The Morgan fingerprint density at radius 2 is 1.55 bits per heavy atom. The van der Waals surface area contributed by atoms with E-state index in [-0.39, 0.29) is 5.92 Å². The van der Waals surface area contributed by atoms with Crippen LogP contribution in [-0.2, 0) is 0 Å². The Morgan fingerprint density at radius 1 is 0.950 bits per heavy atom. The summed E-state index contributed by atoms with van der Waals surface area (Å²) in [7, 11) is 0. The van der Waals surface area contributed by atoms with Crippen molar-refractivity contribution in [1.29, 1.82) is 0 Å². The monoisotopic (exact) mass is 291 g/mol. The molecule has 1 atom stereocenters. The maximum absolute atomic E-state index is 14.1. The third-order valence-electron chi connectivity index (χ3n) is 3.47. The van der Waals surface area contributed by atoms with Gasteiger partial charge in [-0.1, -0.05) is 20.3 Å². The van der Waals surface area contributed by atoms with Gasteiger partial charge >= 0.3 is 0 Å². The zero-order valence-corrected chi connectivity index (χ0v) is 12.4. The molecule has 0 N–H and O–H groups in total. The zero-order valence-electron chi connectivity index (χ0n) is 12.4. The molecule has 0 amide bonds. The van der Waals surface area contributed by atoms with Gasteiger partial charge in [-0.15, -0.1) is 0 Å². The van der Waals surface area contributed by atoms with Crippen molar-refractivity contribution in [2.75, 3.05) is 18.0 Å². The van der Waals surface area contributed by atoms with Gasteiger partial charge in [0.1, 0.15) is 5.69 Å². The van der Waals surface area contributed by atoms with E-state index in [1.54, 1.807) is 6.92 Å². The summed E-state index contributed by atoms with van der Waals surface area (Å²) >= 11 is 0. The Hall–Kier alpha value is -1.26. The van der Waals surface area contributed by atoms with Crippen LogP contribution in [0.25, 0.3) is 0 Å². The Kier molecular flexibility index (Phi) is 5.84. The lowest BCUT2D eigenvalue weighted by molar-refractivity contribution is 0.423. The molecule has 0 aliphatic rings. The highest BCUT2D eigenvalue weighted by atomic mass is 19.2. The molecular formula is C15H21F4N. The van der Waals surface area contributed by atoms with Crippen LogP contribution in [0.15, 0.2) is 0 Å². The lowest BCUT2D eigenvalue weighted by Crippen LogP contribution is -2.30. The van der Waals surface area contributed by atoms with E-state index in [2.05, 4.69) is 0 Å². The number of halogens is 4. The smallest absolute Gasteiger partial charge is 0.197 e.